The van der Waals surface area contributed by atoms with E-state index in [4.69, 9.17) is 4.99 Å². The van der Waals surface area contributed by atoms with E-state index in [9.17, 15) is 0 Å². The molecule has 3 N–H and O–H groups in total. The summed E-state index contributed by atoms with van der Waals surface area (Å²) in [4.78, 5) is 12.7. The molecular formula is C19H30IN5. The molecule has 3 rings (SSSR count). The predicted octanol–water partition coefficient (Wildman–Crippen LogP) is 4.00. The van der Waals surface area contributed by atoms with Gasteiger partial charge in [0.05, 0.1) is 11.0 Å². The van der Waals surface area contributed by atoms with Crippen LogP contribution in [0.3, 0.4) is 0 Å². The van der Waals surface area contributed by atoms with E-state index < -0.39 is 0 Å². The van der Waals surface area contributed by atoms with Gasteiger partial charge in [-0.15, -0.1) is 24.0 Å². The molecule has 1 aliphatic rings. The average molecular weight is 455 g/mol. The number of benzene rings is 1. The number of hydrogen-bond donors (Lipinski definition) is 3. The lowest BCUT2D eigenvalue weighted by Gasteiger charge is -2.24. The molecule has 1 aromatic carbocycles. The van der Waals surface area contributed by atoms with Crippen molar-refractivity contribution in [1.82, 2.24) is 20.6 Å². The highest BCUT2D eigenvalue weighted by Gasteiger charge is 2.14. The lowest BCUT2D eigenvalue weighted by atomic mass is 9.96. The third-order valence-corrected chi connectivity index (χ3v) is 4.57. The van der Waals surface area contributed by atoms with Gasteiger partial charge in [0.2, 0.25) is 0 Å². The Kier molecular flexibility index (Phi) is 8.51. The van der Waals surface area contributed by atoms with E-state index in [-0.39, 0.29) is 24.0 Å². The molecule has 25 heavy (non-hydrogen) atoms. The normalized spacial score (nSPS) is 15.8. The van der Waals surface area contributed by atoms with Crippen molar-refractivity contribution in [2.24, 2.45) is 4.99 Å². The maximum atomic E-state index is 4.73. The Balaban J connectivity index is 0.00000225. The molecule has 0 bridgehead atoms. The molecule has 1 saturated carbocycles. The molecule has 2 aromatic rings. The van der Waals surface area contributed by atoms with Gasteiger partial charge < -0.3 is 15.6 Å². The molecule has 6 heteroatoms. The summed E-state index contributed by atoms with van der Waals surface area (Å²) in [5, 5.41) is 6.96. The van der Waals surface area contributed by atoms with Crippen molar-refractivity contribution in [1.29, 1.82) is 0 Å². The first kappa shape index (κ1) is 20.0. The number of nitrogens with zero attached hydrogens (tertiary/aromatic N) is 2. The Bertz CT molecular complexity index is 628. The predicted molar refractivity (Wildman–Crippen MR) is 116 cm³/mol. The fraction of sp³-hybridized carbons (Fsp3) is 0.579. The lowest BCUT2D eigenvalue weighted by Crippen LogP contribution is -2.44. The first-order valence-corrected chi connectivity index (χ1v) is 9.33. The molecule has 1 aliphatic carbocycles. The zero-order valence-corrected chi connectivity index (χ0v) is 17.4. The highest BCUT2D eigenvalue weighted by Crippen LogP contribution is 2.17. The highest BCUT2D eigenvalue weighted by molar-refractivity contribution is 14.0. The quantitative estimate of drug-likeness (QED) is 0.267. The van der Waals surface area contributed by atoms with Gasteiger partial charge in [-0.2, -0.15) is 0 Å². The third-order valence-electron chi connectivity index (χ3n) is 4.57. The molecule has 1 fully saturated rings. The smallest absolute Gasteiger partial charge is 0.191 e. The summed E-state index contributed by atoms with van der Waals surface area (Å²) in [6.45, 7) is 3.84. The average Bonchev–Trinajstić information content (AvgIpc) is 3.02. The molecule has 0 saturated heterocycles. The van der Waals surface area contributed by atoms with Gasteiger partial charge in [-0.25, -0.2) is 4.98 Å². The van der Waals surface area contributed by atoms with Crippen LogP contribution in [0, 0.1) is 0 Å². The number of halogens is 1. The Morgan fingerprint density at radius 3 is 2.80 bits per heavy atom. The molecule has 0 atom stereocenters. The number of aryl methyl sites for hydroxylation is 1. The van der Waals surface area contributed by atoms with Crippen LogP contribution in [-0.4, -0.2) is 35.1 Å². The Labute approximate surface area is 167 Å². The molecule has 138 valence electrons. The number of H-pyrrole nitrogens is 1. The fourth-order valence-electron chi connectivity index (χ4n) is 3.32. The van der Waals surface area contributed by atoms with Crippen molar-refractivity contribution in [2.75, 3.05) is 13.1 Å². The summed E-state index contributed by atoms with van der Waals surface area (Å²) in [7, 11) is 0. The molecular weight excluding hydrogens is 425 g/mol. The molecule has 0 aliphatic heterocycles. The Hall–Kier alpha value is -1.31. The van der Waals surface area contributed by atoms with E-state index >= 15 is 0 Å². The van der Waals surface area contributed by atoms with Crippen molar-refractivity contribution < 1.29 is 0 Å². The van der Waals surface area contributed by atoms with E-state index in [0.717, 1.165) is 48.7 Å². The second-order valence-electron chi connectivity index (χ2n) is 6.54. The van der Waals surface area contributed by atoms with Gasteiger partial charge in [-0.05, 0) is 38.3 Å². The summed E-state index contributed by atoms with van der Waals surface area (Å²) in [5.74, 6) is 2.02. The fourth-order valence-corrected chi connectivity index (χ4v) is 3.32. The van der Waals surface area contributed by atoms with Crippen LogP contribution < -0.4 is 10.6 Å². The number of aromatic amines is 1. The van der Waals surface area contributed by atoms with E-state index in [1.165, 1.54) is 32.1 Å². The van der Waals surface area contributed by atoms with Crippen LogP contribution in [0.1, 0.15) is 51.3 Å². The van der Waals surface area contributed by atoms with Crippen LogP contribution in [0.2, 0.25) is 0 Å². The SMILES string of the molecule is CCNC(=NCCCc1nc2ccccc2[nH]1)NC1CCCCC1.I. The third kappa shape index (κ3) is 6.17. The van der Waals surface area contributed by atoms with Crippen molar-refractivity contribution in [3.8, 4) is 0 Å². The van der Waals surface area contributed by atoms with Gasteiger partial charge in [0.25, 0.3) is 0 Å². The minimum Gasteiger partial charge on any atom is -0.357 e. The number of aliphatic imine (C=N–C) groups is 1. The number of rotatable bonds is 6. The molecule has 0 unspecified atom stereocenters. The van der Waals surface area contributed by atoms with Gasteiger partial charge >= 0.3 is 0 Å². The summed E-state index contributed by atoms with van der Waals surface area (Å²) < 4.78 is 0. The van der Waals surface area contributed by atoms with Gasteiger partial charge in [-0.3, -0.25) is 4.99 Å². The topological polar surface area (TPSA) is 65.1 Å². The van der Waals surface area contributed by atoms with Crippen molar-refractivity contribution >= 4 is 41.0 Å². The zero-order valence-electron chi connectivity index (χ0n) is 15.1. The van der Waals surface area contributed by atoms with Crippen LogP contribution in [-0.2, 0) is 6.42 Å². The van der Waals surface area contributed by atoms with Gasteiger partial charge in [-0.1, -0.05) is 31.4 Å². The summed E-state index contributed by atoms with van der Waals surface area (Å²) in [6, 6.07) is 8.77. The van der Waals surface area contributed by atoms with Gasteiger partial charge in [0.15, 0.2) is 5.96 Å². The molecule has 0 amide bonds. The van der Waals surface area contributed by atoms with Crippen LogP contribution >= 0.6 is 24.0 Å². The molecule has 0 radical (unpaired) electrons. The minimum absolute atomic E-state index is 0. The number of aromatic nitrogens is 2. The van der Waals surface area contributed by atoms with E-state index in [1.54, 1.807) is 0 Å². The van der Waals surface area contributed by atoms with Gasteiger partial charge in [0.1, 0.15) is 5.82 Å². The molecule has 1 aromatic heterocycles. The van der Waals surface area contributed by atoms with Crippen LogP contribution in [0.5, 0.6) is 0 Å². The number of hydrogen-bond acceptors (Lipinski definition) is 2. The molecule has 1 heterocycles. The second kappa shape index (κ2) is 10.6. The molecule has 0 spiro atoms. The Morgan fingerprint density at radius 2 is 2.04 bits per heavy atom. The zero-order chi connectivity index (χ0) is 16.6. The number of fused-ring (bicyclic) bond motifs is 1. The lowest BCUT2D eigenvalue weighted by molar-refractivity contribution is 0.410. The van der Waals surface area contributed by atoms with Crippen LogP contribution in [0.25, 0.3) is 11.0 Å². The highest BCUT2D eigenvalue weighted by atomic mass is 127. The second-order valence-corrected chi connectivity index (χ2v) is 6.54. The first-order valence-electron chi connectivity index (χ1n) is 9.33. The van der Waals surface area contributed by atoms with Crippen molar-refractivity contribution in [2.45, 2.75) is 57.9 Å². The number of nitrogens with one attached hydrogen (secondary N) is 3. The number of imidazole rings is 1. The van der Waals surface area contributed by atoms with E-state index in [0.29, 0.717) is 6.04 Å². The molecule has 5 nitrogen and oxygen atoms in total. The van der Waals surface area contributed by atoms with E-state index in [1.807, 2.05) is 18.2 Å². The summed E-state index contributed by atoms with van der Waals surface area (Å²) in [6.07, 6.45) is 8.52. The summed E-state index contributed by atoms with van der Waals surface area (Å²) >= 11 is 0. The van der Waals surface area contributed by atoms with E-state index in [2.05, 4.69) is 33.6 Å². The van der Waals surface area contributed by atoms with Crippen LogP contribution in [0.4, 0.5) is 0 Å². The maximum absolute atomic E-state index is 4.73. The monoisotopic (exact) mass is 455 g/mol. The van der Waals surface area contributed by atoms with Crippen molar-refractivity contribution in [3.63, 3.8) is 0 Å². The maximum Gasteiger partial charge on any atom is 0.191 e. The van der Waals surface area contributed by atoms with Crippen molar-refractivity contribution in [3.05, 3.63) is 30.1 Å². The first-order chi connectivity index (χ1) is 11.8. The number of guanidine groups is 1. The largest absolute Gasteiger partial charge is 0.357 e. The standard InChI is InChI=1S/C19H29N5.HI/c1-2-20-19(22-15-9-4-3-5-10-15)21-14-8-13-18-23-16-11-6-7-12-17(16)24-18;/h6-7,11-12,15H,2-5,8-10,13-14H2,1H3,(H,23,24)(H2,20,21,22);1H. The summed E-state index contributed by atoms with van der Waals surface area (Å²) in [5.41, 5.74) is 2.16. The van der Waals surface area contributed by atoms with Gasteiger partial charge in [0, 0.05) is 25.6 Å². The van der Waals surface area contributed by atoms with Crippen LogP contribution in [0.15, 0.2) is 29.3 Å². The number of para-hydroxylation sites is 2. The Morgan fingerprint density at radius 1 is 1.24 bits per heavy atom. The minimum atomic E-state index is 0.